The van der Waals surface area contributed by atoms with Crippen LogP contribution >= 0.6 is 23.6 Å². The lowest BCUT2D eigenvalue weighted by molar-refractivity contribution is 0.1000. The number of rotatable bonds is 3. The first-order chi connectivity index (χ1) is 5.61. The number of hydrogen-bond acceptors (Lipinski definition) is 3. The zero-order chi connectivity index (χ0) is 9.14. The van der Waals surface area contributed by atoms with Crippen LogP contribution in [-0.2, 0) is 6.42 Å². The van der Waals surface area contributed by atoms with Gasteiger partial charge in [-0.25, -0.2) is 0 Å². The molecule has 0 radical (unpaired) electrons. The number of amides is 1. The Morgan fingerprint density at radius 3 is 2.75 bits per heavy atom. The zero-order valence-electron chi connectivity index (χ0n) is 6.24. The van der Waals surface area contributed by atoms with Crippen LogP contribution in [0.4, 0.5) is 0 Å². The lowest BCUT2D eigenvalue weighted by atomic mass is 10.2. The monoisotopic (exact) mass is 200 g/mol. The molecule has 64 valence electrons. The van der Waals surface area contributed by atoms with E-state index in [1.54, 1.807) is 11.4 Å². The van der Waals surface area contributed by atoms with Crippen LogP contribution in [0.25, 0.3) is 0 Å². The van der Waals surface area contributed by atoms with Gasteiger partial charge in [-0.2, -0.15) is 0 Å². The largest absolute Gasteiger partial charge is 0.393 e. The van der Waals surface area contributed by atoms with Gasteiger partial charge in [0.1, 0.15) is 0 Å². The van der Waals surface area contributed by atoms with Crippen LogP contribution in [0.3, 0.4) is 0 Å². The summed E-state index contributed by atoms with van der Waals surface area (Å²) < 4.78 is 0. The van der Waals surface area contributed by atoms with Crippen LogP contribution < -0.4 is 11.5 Å². The van der Waals surface area contributed by atoms with Crippen molar-refractivity contribution in [3.63, 3.8) is 0 Å². The first kappa shape index (κ1) is 9.15. The number of nitrogens with two attached hydrogens (primary N) is 2. The Balaban J connectivity index is 2.91. The van der Waals surface area contributed by atoms with Crippen molar-refractivity contribution in [2.75, 3.05) is 0 Å². The Morgan fingerprint density at radius 1 is 1.58 bits per heavy atom. The van der Waals surface area contributed by atoms with Crippen molar-refractivity contribution in [2.24, 2.45) is 11.5 Å². The van der Waals surface area contributed by atoms with E-state index in [9.17, 15) is 4.79 Å². The number of carbonyl (C=O) groups excluding carboxylic acids is 1. The Labute approximate surface area is 79.4 Å². The molecule has 1 amide bonds. The Bertz CT molecular complexity index is 319. The summed E-state index contributed by atoms with van der Waals surface area (Å²) >= 11 is 6.16. The van der Waals surface area contributed by atoms with Gasteiger partial charge in [-0.05, 0) is 11.4 Å². The van der Waals surface area contributed by atoms with E-state index in [1.165, 1.54) is 11.3 Å². The molecule has 1 aromatic rings. The highest BCUT2D eigenvalue weighted by molar-refractivity contribution is 7.80. The molecule has 5 heteroatoms. The Kier molecular flexibility index (Phi) is 2.78. The van der Waals surface area contributed by atoms with Crippen molar-refractivity contribution in [1.82, 2.24) is 0 Å². The van der Waals surface area contributed by atoms with Gasteiger partial charge < -0.3 is 11.5 Å². The molecule has 0 bridgehead atoms. The smallest absolute Gasteiger partial charge is 0.249 e. The van der Waals surface area contributed by atoms with E-state index in [0.717, 1.165) is 4.88 Å². The lowest BCUT2D eigenvalue weighted by Gasteiger charge is -1.97. The maximum atomic E-state index is 10.8. The van der Waals surface area contributed by atoms with Crippen LogP contribution in [-0.4, -0.2) is 10.9 Å². The highest BCUT2D eigenvalue weighted by atomic mass is 32.1. The van der Waals surface area contributed by atoms with Crippen LogP contribution in [0, 0.1) is 0 Å². The second kappa shape index (κ2) is 3.64. The minimum Gasteiger partial charge on any atom is -0.393 e. The van der Waals surface area contributed by atoms with Gasteiger partial charge in [0.25, 0.3) is 0 Å². The summed E-state index contributed by atoms with van der Waals surface area (Å²) in [7, 11) is 0. The van der Waals surface area contributed by atoms with Gasteiger partial charge >= 0.3 is 0 Å². The van der Waals surface area contributed by atoms with Gasteiger partial charge in [0.15, 0.2) is 0 Å². The summed E-state index contributed by atoms with van der Waals surface area (Å²) in [5, 5.41) is 1.80. The molecule has 12 heavy (non-hydrogen) atoms. The molecule has 0 aromatic carbocycles. The number of thiocarbonyl (C=S) groups is 1. The molecule has 3 nitrogen and oxygen atoms in total. The molecule has 1 aromatic heterocycles. The van der Waals surface area contributed by atoms with Gasteiger partial charge in [0.2, 0.25) is 5.91 Å². The third-order valence-corrected chi connectivity index (χ3v) is 2.41. The molecule has 0 aliphatic heterocycles. The summed E-state index contributed by atoms with van der Waals surface area (Å²) in [6.45, 7) is 0. The van der Waals surface area contributed by atoms with Crippen molar-refractivity contribution in [3.05, 3.63) is 21.9 Å². The van der Waals surface area contributed by atoms with Gasteiger partial charge in [-0.1, -0.05) is 12.2 Å². The molecular weight excluding hydrogens is 192 g/mol. The van der Waals surface area contributed by atoms with Crippen molar-refractivity contribution in [1.29, 1.82) is 0 Å². The van der Waals surface area contributed by atoms with E-state index < -0.39 is 5.91 Å². The molecule has 0 atom stereocenters. The van der Waals surface area contributed by atoms with E-state index in [2.05, 4.69) is 0 Å². The summed E-state index contributed by atoms with van der Waals surface area (Å²) in [6, 6.07) is 1.68. The van der Waals surface area contributed by atoms with Gasteiger partial charge in [0, 0.05) is 11.3 Å². The molecule has 4 N–H and O–H groups in total. The molecule has 1 heterocycles. The van der Waals surface area contributed by atoms with E-state index in [-0.39, 0.29) is 0 Å². The highest BCUT2D eigenvalue weighted by Crippen LogP contribution is 2.16. The lowest BCUT2D eigenvalue weighted by Crippen LogP contribution is -2.16. The fourth-order valence-electron chi connectivity index (χ4n) is 0.855. The maximum Gasteiger partial charge on any atom is 0.249 e. The molecule has 0 saturated heterocycles. The van der Waals surface area contributed by atoms with Crippen molar-refractivity contribution in [2.45, 2.75) is 6.42 Å². The average molecular weight is 200 g/mol. The minimum absolute atomic E-state index is 0.375. The van der Waals surface area contributed by atoms with Gasteiger partial charge in [0.05, 0.1) is 10.6 Å². The van der Waals surface area contributed by atoms with Crippen LogP contribution in [0.2, 0.25) is 0 Å². The first-order valence-corrected chi connectivity index (χ1v) is 4.54. The molecule has 0 spiro atoms. The molecule has 0 saturated carbocycles. The molecule has 0 aliphatic carbocycles. The van der Waals surface area contributed by atoms with Gasteiger partial charge in [-0.3, -0.25) is 4.79 Å². The second-order valence-corrected chi connectivity index (χ2v) is 3.79. The maximum absolute atomic E-state index is 10.8. The molecule has 0 aliphatic rings. The first-order valence-electron chi connectivity index (χ1n) is 3.25. The van der Waals surface area contributed by atoms with E-state index in [1.807, 2.05) is 0 Å². The van der Waals surface area contributed by atoms with E-state index >= 15 is 0 Å². The Hall–Kier alpha value is -0.940. The highest BCUT2D eigenvalue weighted by Gasteiger charge is 2.09. The number of thiophene rings is 1. The van der Waals surface area contributed by atoms with E-state index in [0.29, 0.717) is 17.0 Å². The quantitative estimate of drug-likeness (QED) is 0.705. The van der Waals surface area contributed by atoms with Crippen molar-refractivity contribution >= 4 is 34.5 Å². The normalized spacial score (nSPS) is 9.67. The predicted octanol–water partition coefficient (Wildman–Crippen LogP) is 0.676. The molecular formula is C7H8N2OS2. The minimum atomic E-state index is -0.428. The van der Waals surface area contributed by atoms with Crippen LogP contribution in [0.5, 0.6) is 0 Å². The fourth-order valence-corrected chi connectivity index (χ4v) is 1.99. The summed E-state index contributed by atoms with van der Waals surface area (Å²) in [6.07, 6.45) is 0.450. The van der Waals surface area contributed by atoms with E-state index in [4.69, 9.17) is 23.7 Å². The third kappa shape index (κ3) is 2.02. The SMILES string of the molecule is NC(=O)c1ccsc1CC(N)=S. The standard InChI is InChI=1S/C7H8N2OS2/c8-6(11)3-5-4(7(9)10)1-2-12-5/h1-2H,3H2,(H2,8,11)(H2,9,10). The zero-order valence-corrected chi connectivity index (χ0v) is 7.87. The summed E-state index contributed by atoms with van der Waals surface area (Å²) in [5.41, 5.74) is 11.0. The molecule has 0 fully saturated rings. The van der Waals surface area contributed by atoms with Crippen LogP contribution in [0.15, 0.2) is 11.4 Å². The van der Waals surface area contributed by atoms with Gasteiger partial charge in [-0.15, -0.1) is 11.3 Å². The molecule has 0 unspecified atom stereocenters. The van der Waals surface area contributed by atoms with Crippen molar-refractivity contribution < 1.29 is 4.79 Å². The average Bonchev–Trinajstić information content (AvgIpc) is 2.33. The van der Waals surface area contributed by atoms with Crippen LogP contribution in [0.1, 0.15) is 15.2 Å². The third-order valence-electron chi connectivity index (χ3n) is 1.35. The number of hydrogen-bond donors (Lipinski definition) is 2. The summed E-state index contributed by atoms with van der Waals surface area (Å²) in [5.74, 6) is -0.428. The summed E-state index contributed by atoms with van der Waals surface area (Å²) in [4.78, 5) is 12.0. The second-order valence-electron chi connectivity index (χ2n) is 2.26. The van der Waals surface area contributed by atoms with Crippen molar-refractivity contribution in [3.8, 4) is 0 Å². The Morgan fingerprint density at radius 2 is 2.25 bits per heavy atom. The fraction of sp³-hybridized carbons (Fsp3) is 0.143. The topological polar surface area (TPSA) is 69.1 Å². The number of primary amides is 1. The predicted molar refractivity (Wildman–Crippen MR) is 53.3 cm³/mol. The number of carbonyl (C=O) groups is 1. The molecule has 1 rings (SSSR count).